The third-order valence-electron chi connectivity index (χ3n) is 14.3. The van der Waals surface area contributed by atoms with Crippen molar-refractivity contribution in [1.82, 2.24) is 19.1 Å². The molecule has 316 valence electrons. The molecule has 0 amide bonds. The molecule has 2 aliphatic heterocycles. The van der Waals surface area contributed by atoms with Crippen LogP contribution in [0.4, 0.5) is 17.1 Å². The van der Waals surface area contributed by atoms with Crippen LogP contribution in [0.1, 0.15) is 27.8 Å². The van der Waals surface area contributed by atoms with E-state index in [1.165, 1.54) is 0 Å². The van der Waals surface area contributed by atoms with Gasteiger partial charge in [-0.1, -0.05) is 84.9 Å². The van der Waals surface area contributed by atoms with Crippen molar-refractivity contribution in [2.45, 2.75) is 5.41 Å². The minimum atomic E-state index is -0.768. The maximum Gasteiger partial charge on any atom is 0.151 e. The predicted molar refractivity (Wildman–Crippen MR) is 268 cm³/mol. The maximum absolute atomic E-state index is 9.86. The van der Waals surface area contributed by atoms with Crippen molar-refractivity contribution >= 4 is 60.7 Å². The van der Waals surface area contributed by atoms with Gasteiger partial charge in [-0.15, -0.1) is 0 Å². The molecule has 3 aliphatic rings. The van der Waals surface area contributed by atoms with Gasteiger partial charge < -0.3 is 23.5 Å². The number of anilines is 3. The van der Waals surface area contributed by atoms with Gasteiger partial charge in [0.1, 0.15) is 11.5 Å². The van der Waals surface area contributed by atoms with Crippen LogP contribution in [0.15, 0.2) is 207 Å². The molecule has 4 aromatic heterocycles. The number of nitriles is 1. The topological polar surface area (TPSA) is 81.1 Å². The van der Waals surface area contributed by atoms with E-state index in [0.717, 1.165) is 129 Å². The third kappa shape index (κ3) is 4.81. The standard InChI is InChI=1S/C60H34N6O2/c61-35-36-21-27-50-42(31-36)40-11-1-3-15-48(40)64(50)38-22-25-44-56(33-38)68-57-34-39(23-26-45(57)60(44)46-13-9-29-62-58(46)59-47(60)14-10-30-63-59)65-49-16-4-2-12-41(49)43-32-37(24-28-51(43)65)66-52-17-5-7-19-54(52)67-55-20-8-6-18-53(55)66/h1-34H. The van der Waals surface area contributed by atoms with Crippen molar-refractivity contribution in [3.63, 3.8) is 0 Å². The second kappa shape index (κ2) is 13.5. The van der Waals surface area contributed by atoms with E-state index in [0.29, 0.717) is 5.56 Å². The predicted octanol–water partition coefficient (Wildman–Crippen LogP) is 14.6. The summed E-state index contributed by atoms with van der Waals surface area (Å²) in [5, 5.41) is 14.2. The Morgan fingerprint density at radius 1 is 0.397 bits per heavy atom. The highest BCUT2D eigenvalue weighted by Gasteiger charge is 2.52. The maximum atomic E-state index is 9.86. The molecule has 8 aromatic carbocycles. The minimum absolute atomic E-state index is 0.627. The molecular weight excluding hydrogens is 837 g/mol. The Bertz CT molecular complexity index is 4120. The second-order valence-electron chi connectivity index (χ2n) is 17.6. The summed E-state index contributed by atoms with van der Waals surface area (Å²) in [5.74, 6) is 3.13. The first-order valence-corrected chi connectivity index (χ1v) is 22.7. The van der Waals surface area contributed by atoms with Crippen molar-refractivity contribution in [2.75, 3.05) is 4.90 Å². The number of hydrogen-bond acceptors (Lipinski definition) is 6. The Hall–Kier alpha value is -9.45. The van der Waals surface area contributed by atoms with Crippen LogP contribution in [-0.2, 0) is 5.41 Å². The summed E-state index contributed by atoms with van der Waals surface area (Å²) in [6, 6.07) is 70.1. The Morgan fingerprint density at radius 3 is 1.47 bits per heavy atom. The Morgan fingerprint density at radius 2 is 0.882 bits per heavy atom. The van der Waals surface area contributed by atoms with Crippen LogP contribution in [0.2, 0.25) is 0 Å². The number of fused-ring (bicyclic) bond motifs is 17. The van der Waals surface area contributed by atoms with E-state index in [-0.39, 0.29) is 0 Å². The smallest absolute Gasteiger partial charge is 0.151 e. The van der Waals surface area contributed by atoms with E-state index in [4.69, 9.17) is 19.4 Å². The third-order valence-corrected chi connectivity index (χ3v) is 14.3. The monoisotopic (exact) mass is 870 g/mol. The zero-order valence-electron chi connectivity index (χ0n) is 36.1. The fourth-order valence-electron chi connectivity index (χ4n) is 11.6. The molecule has 1 aliphatic carbocycles. The van der Waals surface area contributed by atoms with E-state index in [9.17, 15) is 5.26 Å². The van der Waals surface area contributed by atoms with Gasteiger partial charge in [-0.3, -0.25) is 9.97 Å². The molecule has 8 heteroatoms. The lowest BCUT2D eigenvalue weighted by atomic mass is 9.66. The fourth-order valence-corrected chi connectivity index (χ4v) is 11.6. The largest absolute Gasteiger partial charge is 0.457 e. The first-order valence-electron chi connectivity index (χ1n) is 22.7. The number of benzene rings is 8. The quantitative estimate of drug-likeness (QED) is 0.176. The molecule has 0 bridgehead atoms. The number of rotatable bonds is 3. The molecule has 0 radical (unpaired) electrons. The lowest BCUT2D eigenvalue weighted by Gasteiger charge is -2.39. The molecule has 0 saturated carbocycles. The normalized spacial score (nSPS) is 13.6. The summed E-state index contributed by atoms with van der Waals surface area (Å²) < 4.78 is 18.3. The minimum Gasteiger partial charge on any atom is -0.457 e. The number of hydrogen-bond donors (Lipinski definition) is 0. The van der Waals surface area contributed by atoms with E-state index < -0.39 is 5.41 Å². The molecule has 0 unspecified atom stereocenters. The van der Waals surface area contributed by atoms with Crippen LogP contribution < -0.4 is 14.4 Å². The zero-order chi connectivity index (χ0) is 44.7. The van der Waals surface area contributed by atoms with Crippen molar-refractivity contribution in [2.24, 2.45) is 0 Å². The van der Waals surface area contributed by atoms with Gasteiger partial charge in [-0.05, 0) is 108 Å². The summed E-state index contributed by atoms with van der Waals surface area (Å²) in [7, 11) is 0. The molecule has 0 fully saturated rings. The van der Waals surface area contributed by atoms with Crippen molar-refractivity contribution < 1.29 is 9.47 Å². The van der Waals surface area contributed by atoms with Gasteiger partial charge in [0.2, 0.25) is 0 Å². The van der Waals surface area contributed by atoms with Crippen molar-refractivity contribution in [3.8, 4) is 51.8 Å². The van der Waals surface area contributed by atoms with Gasteiger partial charge in [0, 0.05) is 74.3 Å². The van der Waals surface area contributed by atoms with Gasteiger partial charge >= 0.3 is 0 Å². The molecule has 15 rings (SSSR count). The number of aromatic nitrogens is 4. The van der Waals surface area contributed by atoms with Gasteiger partial charge in [0.25, 0.3) is 0 Å². The zero-order valence-corrected chi connectivity index (χ0v) is 36.1. The van der Waals surface area contributed by atoms with Gasteiger partial charge in [0.05, 0.1) is 61.9 Å². The molecule has 12 aromatic rings. The Balaban J connectivity index is 0.951. The molecule has 0 atom stereocenters. The SMILES string of the molecule is N#Cc1ccc2c(c1)c1ccccc1n2-c1ccc2c(c1)Oc1cc(-n3c4ccccc4c4cc(N5c6ccccc6Oc6ccccc65)ccc43)ccc1C21c2cccnc2-c2ncccc21. The van der Waals surface area contributed by atoms with Crippen LogP contribution in [0, 0.1) is 11.3 Å². The van der Waals surface area contributed by atoms with Crippen LogP contribution in [0.5, 0.6) is 23.0 Å². The van der Waals surface area contributed by atoms with Gasteiger partial charge in [-0.25, -0.2) is 0 Å². The first-order chi connectivity index (χ1) is 33.7. The number of nitrogens with zero attached hydrogens (tertiary/aromatic N) is 6. The summed E-state index contributed by atoms with van der Waals surface area (Å²) >= 11 is 0. The molecule has 68 heavy (non-hydrogen) atoms. The molecular formula is C60H34N6O2. The van der Waals surface area contributed by atoms with Crippen LogP contribution >= 0.6 is 0 Å². The number of ether oxygens (including phenoxy) is 2. The van der Waals surface area contributed by atoms with Crippen LogP contribution in [-0.4, -0.2) is 19.1 Å². The lowest BCUT2D eigenvalue weighted by Crippen LogP contribution is -2.32. The van der Waals surface area contributed by atoms with E-state index in [2.05, 4.69) is 160 Å². The Labute approximate surface area is 389 Å². The number of pyridine rings is 2. The van der Waals surface area contributed by atoms with Crippen molar-refractivity contribution in [1.29, 1.82) is 5.26 Å². The summed E-state index contributed by atoms with van der Waals surface area (Å²) in [6.07, 6.45) is 3.71. The highest BCUT2D eigenvalue weighted by molar-refractivity contribution is 6.11. The summed E-state index contributed by atoms with van der Waals surface area (Å²) in [5.41, 5.74) is 15.0. The highest BCUT2D eigenvalue weighted by atomic mass is 16.5. The molecule has 0 saturated heterocycles. The second-order valence-corrected chi connectivity index (χ2v) is 17.6. The van der Waals surface area contributed by atoms with Crippen LogP contribution in [0.3, 0.4) is 0 Å². The average Bonchev–Trinajstić information content (AvgIpc) is 4.01. The lowest BCUT2D eigenvalue weighted by molar-refractivity contribution is 0.436. The molecule has 1 spiro atoms. The molecule has 6 heterocycles. The first kappa shape index (κ1) is 36.8. The average molecular weight is 871 g/mol. The van der Waals surface area contributed by atoms with Gasteiger partial charge in [-0.2, -0.15) is 5.26 Å². The summed E-state index contributed by atoms with van der Waals surface area (Å²) in [4.78, 5) is 12.3. The molecule has 8 nitrogen and oxygen atoms in total. The molecule has 0 N–H and O–H groups in total. The van der Waals surface area contributed by atoms with Crippen molar-refractivity contribution in [3.05, 3.63) is 234 Å². The highest BCUT2D eigenvalue weighted by Crippen LogP contribution is 2.62. The van der Waals surface area contributed by atoms with E-state index in [1.807, 2.05) is 67.0 Å². The van der Waals surface area contributed by atoms with Gasteiger partial charge in [0.15, 0.2) is 11.5 Å². The summed E-state index contributed by atoms with van der Waals surface area (Å²) in [6.45, 7) is 0. The van der Waals surface area contributed by atoms with E-state index >= 15 is 0 Å². The van der Waals surface area contributed by atoms with E-state index in [1.54, 1.807) is 0 Å². The number of para-hydroxylation sites is 6. The fraction of sp³-hybridized carbons (Fsp3) is 0.0167. The van der Waals surface area contributed by atoms with Crippen LogP contribution in [0.25, 0.3) is 66.4 Å². The Kier molecular flexibility index (Phi) is 7.34.